The molecule has 0 aliphatic rings. The van der Waals surface area contributed by atoms with E-state index < -0.39 is 0 Å². The van der Waals surface area contributed by atoms with Crippen LogP contribution in [0.15, 0.2) is 54.9 Å². The summed E-state index contributed by atoms with van der Waals surface area (Å²) in [5, 5.41) is 6.09. The lowest BCUT2D eigenvalue weighted by atomic mass is 10.1. The average Bonchev–Trinajstić information content (AvgIpc) is 2.67. The molecule has 1 amide bonds. The topological polar surface area (TPSA) is 76.1 Å². The van der Waals surface area contributed by atoms with E-state index in [1.807, 2.05) is 51.1 Å². The van der Waals surface area contributed by atoms with Crippen molar-refractivity contribution >= 4 is 23.1 Å². The zero-order chi connectivity index (χ0) is 19.2. The largest absolute Gasteiger partial charge is 0.492 e. The number of nitrogens with one attached hydrogen (secondary N) is 2. The van der Waals surface area contributed by atoms with Gasteiger partial charge in [-0.1, -0.05) is 24.3 Å². The van der Waals surface area contributed by atoms with E-state index in [2.05, 4.69) is 26.7 Å². The highest BCUT2D eigenvalue weighted by atomic mass is 16.5. The summed E-state index contributed by atoms with van der Waals surface area (Å²) < 4.78 is 5.54. The number of para-hydroxylation sites is 2. The highest BCUT2D eigenvalue weighted by Gasteiger charge is 2.12. The van der Waals surface area contributed by atoms with Crippen LogP contribution in [0.3, 0.4) is 0 Å². The molecule has 2 N–H and O–H groups in total. The van der Waals surface area contributed by atoms with Crippen molar-refractivity contribution in [1.29, 1.82) is 0 Å². The number of carbonyl (C=O) groups is 1. The number of anilines is 3. The second kappa shape index (κ2) is 8.31. The van der Waals surface area contributed by atoms with Gasteiger partial charge >= 0.3 is 0 Å². The Balaban J connectivity index is 1.79. The Morgan fingerprint density at radius 1 is 1.04 bits per heavy atom. The number of carbonyl (C=O) groups excluding carboxylic acids is 1. The number of hydrogen-bond acceptors (Lipinski definition) is 5. The maximum absolute atomic E-state index is 12.6. The summed E-state index contributed by atoms with van der Waals surface area (Å²) in [6, 6.07) is 15.1. The van der Waals surface area contributed by atoms with Crippen molar-refractivity contribution in [2.45, 2.75) is 20.8 Å². The highest BCUT2D eigenvalue weighted by Crippen LogP contribution is 2.25. The number of aryl methyl sites for hydroxylation is 2. The molecule has 0 unspecified atom stereocenters. The standard InChI is InChI=1S/C21H22N4O2/c1-4-27-19-8-6-5-7-16(19)25-21(26)18-12-20(23-13-22-18)24-17-11-14(2)9-10-15(17)3/h5-13H,4H2,1-3H3,(H,25,26)(H,22,23,24). The number of benzene rings is 2. The third kappa shape index (κ3) is 4.61. The number of hydrogen-bond donors (Lipinski definition) is 2. The van der Waals surface area contributed by atoms with Gasteiger partial charge in [-0.3, -0.25) is 4.79 Å². The van der Waals surface area contributed by atoms with Crippen LogP contribution in [0.5, 0.6) is 5.75 Å². The van der Waals surface area contributed by atoms with E-state index in [9.17, 15) is 4.79 Å². The molecule has 6 heteroatoms. The van der Waals surface area contributed by atoms with Gasteiger partial charge in [-0.25, -0.2) is 9.97 Å². The van der Waals surface area contributed by atoms with Crippen LogP contribution in [0.4, 0.5) is 17.2 Å². The maximum atomic E-state index is 12.6. The molecule has 1 aromatic heterocycles. The van der Waals surface area contributed by atoms with E-state index in [0.717, 1.165) is 16.8 Å². The van der Waals surface area contributed by atoms with Crippen LogP contribution in [0, 0.1) is 13.8 Å². The molecular weight excluding hydrogens is 340 g/mol. The fraction of sp³-hybridized carbons (Fsp3) is 0.190. The number of amides is 1. The molecule has 0 atom stereocenters. The second-order valence-corrected chi connectivity index (χ2v) is 6.12. The van der Waals surface area contributed by atoms with E-state index in [1.165, 1.54) is 6.33 Å². The number of rotatable bonds is 6. The van der Waals surface area contributed by atoms with E-state index in [-0.39, 0.29) is 11.6 Å². The molecule has 0 fully saturated rings. The minimum absolute atomic E-state index is 0.268. The van der Waals surface area contributed by atoms with Crippen molar-refractivity contribution in [1.82, 2.24) is 9.97 Å². The molecule has 0 bridgehead atoms. The van der Waals surface area contributed by atoms with Gasteiger partial charge in [-0.15, -0.1) is 0 Å². The molecule has 0 spiro atoms. The van der Waals surface area contributed by atoms with E-state index in [4.69, 9.17) is 4.74 Å². The molecule has 0 aliphatic heterocycles. The monoisotopic (exact) mass is 362 g/mol. The lowest BCUT2D eigenvalue weighted by Crippen LogP contribution is -2.15. The molecule has 0 saturated heterocycles. The molecule has 27 heavy (non-hydrogen) atoms. The fourth-order valence-electron chi connectivity index (χ4n) is 2.60. The predicted molar refractivity (Wildman–Crippen MR) is 107 cm³/mol. The van der Waals surface area contributed by atoms with E-state index in [0.29, 0.717) is 23.9 Å². The van der Waals surface area contributed by atoms with Crippen molar-refractivity contribution in [3.63, 3.8) is 0 Å². The first-order valence-corrected chi connectivity index (χ1v) is 8.76. The summed E-state index contributed by atoms with van der Waals surface area (Å²) in [7, 11) is 0. The second-order valence-electron chi connectivity index (χ2n) is 6.12. The minimum atomic E-state index is -0.325. The van der Waals surface area contributed by atoms with Gasteiger partial charge in [0.25, 0.3) is 5.91 Å². The molecule has 138 valence electrons. The third-order valence-electron chi connectivity index (χ3n) is 3.99. The number of nitrogens with zero attached hydrogens (tertiary/aromatic N) is 2. The molecule has 0 saturated carbocycles. The van der Waals surface area contributed by atoms with Crippen LogP contribution in [-0.2, 0) is 0 Å². The Labute approximate surface area is 158 Å². The Hall–Kier alpha value is -3.41. The van der Waals surface area contributed by atoms with Crippen molar-refractivity contribution in [2.24, 2.45) is 0 Å². The van der Waals surface area contributed by atoms with Crippen molar-refractivity contribution in [3.05, 3.63) is 71.7 Å². The lowest BCUT2D eigenvalue weighted by Gasteiger charge is -2.12. The zero-order valence-electron chi connectivity index (χ0n) is 15.6. The Bertz CT molecular complexity index is 956. The maximum Gasteiger partial charge on any atom is 0.274 e. The van der Waals surface area contributed by atoms with Gasteiger partial charge < -0.3 is 15.4 Å². The van der Waals surface area contributed by atoms with Crippen LogP contribution < -0.4 is 15.4 Å². The van der Waals surface area contributed by atoms with Crippen molar-refractivity contribution in [2.75, 3.05) is 17.2 Å². The molecule has 3 rings (SSSR count). The quantitative estimate of drug-likeness (QED) is 0.676. The first-order chi connectivity index (χ1) is 13.1. The van der Waals surface area contributed by atoms with Gasteiger partial charge in [0.1, 0.15) is 23.6 Å². The molecular formula is C21H22N4O2. The normalized spacial score (nSPS) is 10.3. The molecule has 2 aromatic carbocycles. The van der Waals surface area contributed by atoms with Gasteiger partial charge in [-0.05, 0) is 50.1 Å². The van der Waals surface area contributed by atoms with Crippen molar-refractivity contribution < 1.29 is 9.53 Å². The van der Waals surface area contributed by atoms with Crippen molar-refractivity contribution in [3.8, 4) is 5.75 Å². The summed E-state index contributed by atoms with van der Waals surface area (Å²) in [4.78, 5) is 20.9. The van der Waals surface area contributed by atoms with E-state index in [1.54, 1.807) is 12.1 Å². The highest BCUT2D eigenvalue weighted by molar-refractivity contribution is 6.04. The summed E-state index contributed by atoms with van der Waals surface area (Å²) in [5.41, 5.74) is 4.05. The van der Waals surface area contributed by atoms with Crippen LogP contribution in [0.25, 0.3) is 0 Å². The smallest absolute Gasteiger partial charge is 0.274 e. The Morgan fingerprint density at radius 2 is 1.85 bits per heavy atom. The summed E-state index contributed by atoms with van der Waals surface area (Å²) in [6.45, 7) is 6.46. The average molecular weight is 362 g/mol. The van der Waals surface area contributed by atoms with Gasteiger partial charge in [0.05, 0.1) is 12.3 Å². The van der Waals surface area contributed by atoms with E-state index >= 15 is 0 Å². The SMILES string of the molecule is CCOc1ccccc1NC(=O)c1cc(Nc2cc(C)ccc2C)ncn1. The first kappa shape index (κ1) is 18.4. The minimum Gasteiger partial charge on any atom is -0.492 e. The summed E-state index contributed by atoms with van der Waals surface area (Å²) in [6.07, 6.45) is 1.37. The van der Waals surface area contributed by atoms with Gasteiger partial charge in [0.2, 0.25) is 0 Å². The van der Waals surface area contributed by atoms with Gasteiger partial charge in [0, 0.05) is 11.8 Å². The first-order valence-electron chi connectivity index (χ1n) is 8.76. The number of aromatic nitrogens is 2. The predicted octanol–water partition coefficient (Wildman–Crippen LogP) is 4.49. The zero-order valence-corrected chi connectivity index (χ0v) is 15.6. The third-order valence-corrected chi connectivity index (χ3v) is 3.99. The van der Waals surface area contributed by atoms with Crippen LogP contribution in [0.2, 0.25) is 0 Å². The Kier molecular flexibility index (Phi) is 5.66. The summed E-state index contributed by atoms with van der Waals surface area (Å²) >= 11 is 0. The van der Waals surface area contributed by atoms with Gasteiger partial charge in [0.15, 0.2) is 0 Å². The lowest BCUT2D eigenvalue weighted by molar-refractivity contribution is 0.102. The molecule has 0 radical (unpaired) electrons. The summed E-state index contributed by atoms with van der Waals surface area (Å²) in [5.74, 6) is 0.853. The Morgan fingerprint density at radius 3 is 2.67 bits per heavy atom. The van der Waals surface area contributed by atoms with Crippen LogP contribution in [0.1, 0.15) is 28.5 Å². The molecule has 0 aliphatic carbocycles. The molecule has 3 aromatic rings. The van der Waals surface area contributed by atoms with Gasteiger partial charge in [-0.2, -0.15) is 0 Å². The van der Waals surface area contributed by atoms with Crippen LogP contribution >= 0.6 is 0 Å². The van der Waals surface area contributed by atoms with Crippen LogP contribution in [-0.4, -0.2) is 22.5 Å². The fourth-order valence-corrected chi connectivity index (χ4v) is 2.60. The molecule has 1 heterocycles. The molecule has 6 nitrogen and oxygen atoms in total. The number of ether oxygens (including phenoxy) is 1.